The Morgan fingerprint density at radius 2 is 1.21 bits per heavy atom. The van der Waals surface area contributed by atoms with E-state index in [1.807, 2.05) is 59.9 Å². The average molecular weight is 749 g/mol. The van der Waals surface area contributed by atoms with E-state index in [2.05, 4.69) is 143 Å². The van der Waals surface area contributed by atoms with Crippen molar-refractivity contribution in [1.29, 1.82) is 0 Å². The molecule has 1 aliphatic rings. The highest BCUT2D eigenvalue weighted by Crippen LogP contribution is 2.44. The topological polar surface area (TPSA) is 54.8 Å². The smallest absolute Gasteiger partial charge is 0.160 e. The van der Waals surface area contributed by atoms with Crippen LogP contribution in [-0.2, 0) is 0 Å². The van der Waals surface area contributed by atoms with Crippen LogP contribution in [0.5, 0.6) is 0 Å². The van der Waals surface area contributed by atoms with Crippen molar-refractivity contribution >= 4 is 86.9 Å². The Kier molecular flexibility index (Phi) is 7.09. The fourth-order valence-electron chi connectivity index (χ4n) is 8.69. The Balaban J connectivity index is 1.02. The van der Waals surface area contributed by atoms with E-state index in [0.717, 1.165) is 55.6 Å². The van der Waals surface area contributed by atoms with Crippen molar-refractivity contribution in [2.24, 2.45) is 9.98 Å². The maximum Gasteiger partial charge on any atom is 0.160 e. The Hall–Kier alpha value is -7.28. The van der Waals surface area contributed by atoms with Gasteiger partial charge in [-0.2, -0.15) is 0 Å². The van der Waals surface area contributed by atoms with Crippen molar-refractivity contribution in [3.63, 3.8) is 0 Å². The molecule has 4 heterocycles. The highest BCUT2D eigenvalue weighted by molar-refractivity contribution is 7.26. The Morgan fingerprint density at radius 1 is 0.544 bits per heavy atom. The highest BCUT2D eigenvalue weighted by Gasteiger charge is 2.24. The van der Waals surface area contributed by atoms with Gasteiger partial charge >= 0.3 is 0 Å². The zero-order valence-corrected chi connectivity index (χ0v) is 31.4. The lowest BCUT2D eigenvalue weighted by Gasteiger charge is -2.23. The van der Waals surface area contributed by atoms with Crippen LogP contribution in [0.1, 0.15) is 22.9 Å². The van der Waals surface area contributed by atoms with E-state index in [-0.39, 0.29) is 6.17 Å². The number of thiophene rings is 1. The number of hydrogen-bond acceptors (Lipinski definition) is 5. The van der Waals surface area contributed by atoms with Gasteiger partial charge in [0, 0.05) is 53.7 Å². The summed E-state index contributed by atoms with van der Waals surface area (Å²) in [5.74, 6) is 1.46. The van der Waals surface area contributed by atoms with E-state index >= 15 is 0 Å². The summed E-state index contributed by atoms with van der Waals surface area (Å²) in [6.45, 7) is 0. The standard InChI is InChI=1S/C51H32N4OS/c1-3-14-31(15-4-1)49-52-50(32-16-5-2-6-17-32)54-51(53-49)39-23-13-27-44-46(39)38-22-11-20-34(47(38)56-44)33-28-29-45-40(30-33)37-21-12-26-43(48(37)57-45)55-41-24-9-7-18-35(41)36-19-8-10-25-42(36)55/h1-30,49H,(H,52,53,54). The monoisotopic (exact) mass is 748 g/mol. The summed E-state index contributed by atoms with van der Waals surface area (Å²) in [5, 5.41) is 10.7. The van der Waals surface area contributed by atoms with Gasteiger partial charge in [-0.3, -0.25) is 0 Å². The highest BCUT2D eigenvalue weighted by atomic mass is 32.1. The summed E-state index contributed by atoms with van der Waals surface area (Å²) in [5.41, 5.74) is 10.5. The lowest BCUT2D eigenvalue weighted by Crippen LogP contribution is -2.33. The molecule has 268 valence electrons. The SMILES string of the molecule is c1ccc(C2=NC(c3cccc4oc5c(-c6ccc7sc8c(-n9c%10ccccc%10c%10ccccc%109)cccc8c7c6)cccc5c34)=NC(c3ccccc3)N2)cc1. The predicted molar refractivity (Wildman–Crippen MR) is 238 cm³/mol. The first-order valence-corrected chi connectivity index (χ1v) is 20.0. The lowest BCUT2D eigenvalue weighted by molar-refractivity contribution is 0.669. The van der Waals surface area contributed by atoms with Crippen LogP contribution in [-0.4, -0.2) is 16.2 Å². The average Bonchev–Trinajstić information content (AvgIpc) is 3.96. The molecule has 0 aliphatic carbocycles. The number of aliphatic imine (C=N–C) groups is 2. The first-order chi connectivity index (χ1) is 28.3. The Labute approximate surface area is 331 Å². The molecule has 0 bridgehead atoms. The van der Waals surface area contributed by atoms with Gasteiger partial charge in [0.15, 0.2) is 5.84 Å². The van der Waals surface area contributed by atoms with E-state index in [1.54, 1.807) is 0 Å². The van der Waals surface area contributed by atoms with E-state index < -0.39 is 0 Å². The number of para-hydroxylation sites is 3. The van der Waals surface area contributed by atoms with E-state index in [0.29, 0.717) is 5.84 Å². The molecule has 0 saturated carbocycles. The fourth-order valence-corrected chi connectivity index (χ4v) is 9.88. The second-order valence-corrected chi connectivity index (χ2v) is 15.6. The van der Waals surface area contributed by atoms with Crippen molar-refractivity contribution in [2.45, 2.75) is 6.17 Å². The van der Waals surface area contributed by atoms with Gasteiger partial charge in [0.25, 0.3) is 0 Å². The van der Waals surface area contributed by atoms with Gasteiger partial charge in [0.1, 0.15) is 23.2 Å². The largest absolute Gasteiger partial charge is 0.455 e. The lowest BCUT2D eigenvalue weighted by atomic mass is 9.98. The zero-order valence-electron chi connectivity index (χ0n) is 30.6. The Bertz CT molecular complexity index is 3390. The molecule has 1 aliphatic heterocycles. The van der Waals surface area contributed by atoms with Gasteiger partial charge in [0.05, 0.1) is 21.4 Å². The van der Waals surface area contributed by atoms with Gasteiger partial charge in [-0.05, 0) is 47.5 Å². The van der Waals surface area contributed by atoms with Crippen LogP contribution in [0, 0.1) is 0 Å². The van der Waals surface area contributed by atoms with Crippen LogP contribution in [0.2, 0.25) is 0 Å². The first-order valence-electron chi connectivity index (χ1n) is 19.2. The number of furan rings is 1. The molecule has 0 radical (unpaired) electrons. The van der Waals surface area contributed by atoms with E-state index in [9.17, 15) is 0 Å². The van der Waals surface area contributed by atoms with Crippen molar-refractivity contribution in [1.82, 2.24) is 9.88 Å². The molecule has 57 heavy (non-hydrogen) atoms. The number of nitrogens with one attached hydrogen (secondary N) is 1. The summed E-state index contributed by atoms with van der Waals surface area (Å²) in [7, 11) is 0. The first kappa shape index (κ1) is 32.0. The molecule has 11 aromatic rings. The van der Waals surface area contributed by atoms with Crippen molar-refractivity contribution in [3.05, 3.63) is 199 Å². The number of fused-ring (bicyclic) bond motifs is 9. The molecule has 1 atom stereocenters. The maximum atomic E-state index is 6.80. The number of amidine groups is 2. The molecule has 8 aromatic carbocycles. The number of benzene rings is 8. The summed E-state index contributed by atoms with van der Waals surface area (Å²) in [4.78, 5) is 10.4. The van der Waals surface area contributed by atoms with Gasteiger partial charge in [-0.1, -0.05) is 146 Å². The molecule has 0 fully saturated rings. The van der Waals surface area contributed by atoms with Gasteiger partial charge in [-0.15, -0.1) is 11.3 Å². The van der Waals surface area contributed by atoms with E-state index in [4.69, 9.17) is 14.4 Å². The molecule has 1 N–H and O–H groups in total. The van der Waals surface area contributed by atoms with Gasteiger partial charge in [-0.25, -0.2) is 9.98 Å². The maximum absolute atomic E-state index is 6.80. The molecule has 1 unspecified atom stereocenters. The molecule has 3 aromatic heterocycles. The molecule has 5 nitrogen and oxygen atoms in total. The number of hydrogen-bond donors (Lipinski definition) is 1. The fraction of sp³-hybridized carbons (Fsp3) is 0.0196. The third-order valence-corrected chi connectivity index (χ3v) is 12.5. The summed E-state index contributed by atoms with van der Waals surface area (Å²) in [6.07, 6.45) is -0.291. The third kappa shape index (κ3) is 5.01. The predicted octanol–water partition coefficient (Wildman–Crippen LogP) is 13.2. The number of rotatable bonds is 5. The number of nitrogens with zero attached hydrogens (tertiary/aromatic N) is 3. The summed E-state index contributed by atoms with van der Waals surface area (Å²) < 4.78 is 11.8. The van der Waals surface area contributed by atoms with Crippen LogP contribution in [0.3, 0.4) is 0 Å². The second-order valence-electron chi connectivity index (χ2n) is 14.5. The van der Waals surface area contributed by atoms with Gasteiger partial charge in [0.2, 0.25) is 0 Å². The quantitative estimate of drug-likeness (QED) is 0.191. The van der Waals surface area contributed by atoms with Crippen LogP contribution in [0.25, 0.3) is 80.7 Å². The van der Waals surface area contributed by atoms with Gasteiger partial charge < -0.3 is 14.3 Å². The van der Waals surface area contributed by atoms with Crippen molar-refractivity contribution < 1.29 is 4.42 Å². The second kappa shape index (κ2) is 12.6. The number of aromatic nitrogens is 1. The normalized spacial score (nSPS) is 14.5. The van der Waals surface area contributed by atoms with Crippen LogP contribution >= 0.6 is 11.3 Å². The molecular weight excluding hydrogens is 717 g/mol. The zero-order chi connectivity index (χ0) is 37.5. The minimum absolute atomic E-state index is 0.291. The summed E-state index contributed by atoms with van der Waals surface area (Å²) >= 11 is 1.85. The molecule has 6 heteroatoms. The minimum atomic E-state index is -0.291. The summed E-state index contributed by atoms with van der Waals surface area (Å²) in [6, 6.07) is 64.2. The van der Waals surface area contributed by atoms with Crippen LogP contribution in [0.4, 0.5) is 0 Å². The molecular formula is C51H32N4OS. The third-order valence-electron chi connectivity index (χ3n) is 11.3. The molecule has 0 saturated heterocycles. The molecule has 0 amide bonds. The van der Waals surface area contributed by atoms with Crippen LogP contribution in [0.15, 0.2) is 196 Å². The van der Waals surface area contributed by atoms with E-state index in [1.165, 1.54) is 47.7 Å². The van der Waals surface area contributed by atoms with Crippen LogP contribution < -0.4 is 5.32 Å². The van der Waals surface area contributed by atoms with Crippen molar-refractivity contribution in [3.8, 4) is 16.8 Å². The minimum Gasteiger partial charge on any atom is -0.455 e. The molecule has 0 spiro atoms. The van der Waals surface area contributed by atoms with Crippen molar-refractivity contribution in [2.75, 3.05) is 0 Å². The Morgan fingerprint density at radius 3 is 2.02 bits per heavy atom. The molecule has 12 rings (SSSR count).